The van der Waals surface area contributed by atoms with Crippen molar-refractivity contribution in [2.24, 2.45) is 0 Å². The Hall–Kier alpha value is -4.95. The van der Waals surface area contributed by atoms with Gasteiger partial charge in [-0.1, -0.05) is 36.4 Å². The summed E-state index contributed by atoms with van der Waals surface area (Å²) in [4.78, 5) is 33.9. The summed E-state index contributed by atoms with van der Waals surface area (Å²) in [6.07, 6.45) is 3.30. The number of carbonyl (C=O) groups excluding carboxylic acids is 2. The second-order valence-corrected chi connectivity index (χ2v) is 13.2. The molecule has 1 aliphatic rings. The van der Waals surface area contributed by atoms with Crippen LogP contribution in [0, 0.1) is 18.3 Å². The molecule has 46 heavy (non-hydrogen) atoms. The normalized spacial score (nSPS) is 14.3. The maximum atomic E-state index is 14.2. The molecule has 11 heteroatoms. The lowest BCUT2D eigenvalue weighted by Crippen LogP contribution is -2.53. The number of aryl methyl sites for hydroxylation is 1. The number of amides is 2. The number of fused-ring (bicyclic) bond motifs is 1. The van der Waals surface area contributed by atoms with E-state index in [0.717, 1.165) is 29.4 Å². The fourth-order valence-electron chi connectivity index (χ4n) is 5.68. The van der Waals surface area contributed by atoms with Crippen LogP contribution in [-0.4, -0.2) is 61.1 Å². The highest BCUT2D eigenvalue weighted by atomic mass is 32.2. The van der Waals surface area contributed by atoms with Crippen molar-refractivity contribution in [3.8, 4) is 11.8 Å². The van der Waals surface area contributed by atoms with Gasteiger partial charge in [-0.2, -0.15) is 5.26 Å². The zero-order valence-electron chi connectivity index (χ0n) is 25.9. The number of para-hydroxylation sites is 1. The molecule has 0 radical (unpaired) electrons. The number of hydrogen-bond donors (Lipinski definition) is 2. The minimum Gasteiger partial charge on any atom is -0.494 e. The number of anilines is 1. The molecule has 2 N–H and O–H groups in total. The highest BCUT2D eigenvalue weighted by Gasteiger charge is 2.37. The van der Waals surface area contributed by atoms with Gasteiger partial charge in [0.2, 0.25) is 21.8 Å². The third kappa shape index (κ3) is 7.64. The molecule has 1 saturated heterocycles. The fraction of sp³-hybridized carbons (Fsp3) is 0.314. The summed E-state index contributed by atoms with van der Waals surface area (Å²) in [5.41, 5.74) is 3.33. The Morgan fingerprint density at radius 1 is 1.02 bits per heavy atom. The molecule has 10 nitrogen and oxygen atoms in total. The van der Waals surface area contributed by atoms with Crippen LogP contribution in [0.2, 0.25) is 0 Å². The molecule has 5 rings (SSSR count). The SMILES string of the molecule is CCOc1ccc(CC(C(=O)NC(Cc2ccc(C#N)cc2)C(=O)N2CCCC2)S(=O)(=O)Nc2cccc3cccnc23)c(C)c1. The molecule has 0 spiro atoms. The topological polar surface area (TPSA) is 141 Å². The van der Waals surface area contributed by atoms with Gasteiger partial charge in [-0.15, -0.1) is 0 Å². The minimum absolute atomic E-state index is 0.140. The van der Waals surface area contributed by atoms with E-state index in [2.05, 4.69) is 21.1 Å². The van der Waals surface area contributed by atoms with Gasteiger partial charge in [0, 0.05) is 37.5 Å². The number of aromatic nitrogens is 1. The third-order valence-corrected chi connectivity index (χ3v) is 9.77. The highest BCUT2D eigenvalue weighted by Crippen LogP contribution is 2.26. The standard InChI is InChI=1S/C35H37N5O5S/c1-3-45-29-16-15-28(24(2)20-29)22-32(46(43,44)39-30-10-6-8-27-9-7-17-37-33(27)30)34(41)38-31(35(42)40-18-4-5-19-40)21-25-11-13-26(23-36)14-12-25/h6-17,20,31-32,39H,3-5,18-19,21-22H2,1-2H3,(H,38,41). The maximum Gasteiger partial charge on any atom is 0.245 e. The van der Waals surface area contributed by atoms with E-state index in [-0.39, 0.29) is 24.4 Å². The van der Waals surface area contributed by atoms with Gasteiger partial charge in [0.05, 0.1) is 29.4 Å². The van der Waals surface area contributed by atoms with Crippen molar-refractivity contribution in [1.82, 2.24) is 15.2 Å². The van der Waals surface area contributed by atoms with Crippen molar-refractivity contribution in [1.29, 1.82) is 5.26 Å². The van der Waals surface area contributed by atoms with Crippen molar-refractivity contribution >= 4 is 38.4 Å². The van der Waals surface area contributed by atoms with Crippen LogP contribution in [0.3, 0.4) is 0 Å². The summed E-state index contributed by atoms with van der Waals surface area (Å²) < 4.78 is 36.5. The van der Waals surface area contributed by atoms with E-state index in [0.29, 0.717) is 42.1 Å². The van der Waals surface area contributed by atoms with Crippen LogP contribution in [0.1, 0.15) is 42.0 Å². The van der Waals surface area contributed by atoms with E-state index < -0.39 is 27.2 Å². The first-order valence-corrected chi connectivity index (χ1v) is 16.9. The third-order valence-electron chi connectivity index (χ3n) is 8.14. The quantitative estimate of drug-likeness (QED) is 0.232. The molecule has 238 valence electrons. The van der Waals surface area contributed by atoms with Gasteiger partial charge in [0.25, 0.3) is 0 Å². The molecule has 1 fully saturated rings. The van der Waals surface area contributed by atoms with E-state index in [1.165, 1.54) is 0 Å². The van der Waals surface area contributed by atoms with E-state index >= 15 is 0 Å². The van der Waals surface area contributed by atoms with Gasteiger partial charge >= 0.3 is 0 Å². The average Bonchev–Trinajstić information content (AvgIpc) is 3.59. The first-order chi connectivity index (χ1) is 22.2. The fourth-order valence-corrected chi connectivity index (χ4v) is 7.04. The predicted molar refractivity (Wildman–Crippen MR) is 177 cm³/mol. The van der Waals surface area contributed by atoms with Gasteiger partial charge in [-0.05, 0) is 79.8 Å². The molecular formula is C35H37N5O5S. The Kier molecular flexibility index (Phi) is 10.2. The van der Waals surface area contributed by atoms with Crippen molar-refractivity contribution < 1.29 is 22.7 Å². The first-order valence-electron chi connectivity index (χ1n) is 15.3. The molecule has 0 bridgehead atoms. The number of hydrogen-bond acceptors (Lipinski definition) is 7. The van der Waals surface area contributed by atoms with Crippen LogP contribution in [0.5, 0.6) is 5.75 Å². The molecule has 3 aromatic carbocycles. The van der Waals surface area contributed by atoms with Crippen LogP contribution in [0.15, 0.2) is 79.0 Å². The number of nitrogens with zero attached hydrogens (tertiary/aromatic N) is 3. The molecule has 0 aliphatic carbocycles. The molecule has 0 saturated carbocycles. The Morgan fingerprint density at radius 2 is 1.76 bits per heavy atom. The zero-order chi connectivity index (χ0) is 32.7. The van der Waals surface area contributed by atoms with E-state index in [1.807, 2.05) is 32.0 Å². The lowest BCUT2D eigenvalue weighted by molar-refractivity contribution is -0.135. The first kappa shape index (κ1) is 32.4. The number of rotatable bonds is 12. The van der Waals surface area contributed by atoms with Crippen LogP contribution >= 0.6 is 0 Å². The van der Waals surface area contributed by atoms with Gasteiger partial charge in [0.15, 0.2) is 5.25 Å². The highest BCUT2D eigenvalue weighted by molar-refractivity contribution is 7.94. The summed E-state index contributed by atoms with van der Waals surface area (Å²) in [7, 11) is -4.37. The largest absolute Gasteiger partial charge is 0.494 e. The molecule has 2 atom stereocenters. The average molecular weight is 640 g/mol. The predicted octanol–water partition coefficient (Wildman–Crippen LogP) is 4.52. The van der Waals surface area contributed by atoms with Crippen LogP contribution in [0.4, 0.5) is 5.69 Å². The number of ether oxygens (including phenoxy) is 1. The van der Waals surface area contributed by atoms with E-state index in [4.69, 9.17) is 4.74 Å². The monoisotopic (exact) mass is 639 g/mol. The van der Waals surface area contributed by atoms with Crippen LogP contribution in [0.25, 0.3) is 10.9 Å². The summed E-state index contributed by atoms with van der Waals surface area (Å²) in [6.45, 7) is 5.34. The molecular weight excluding hydrogens is 602 g/mol. The van der Waals surface area contributed by atoms with Gasteiger partial charge in [-0.25, -0.2) is 8.42 Å². The summed E-state index contributed by atoms with van der Waals surface area (Å²) in [5.74, 6) is -0.416. The van der Waals surface area contributed by atoms with Gasteiger partial charge in [-0.3, -0.25) is 19.3 Å². The zero-order valence-corrected chi connectivity index (χ0v) is 26.7. The molecule has 2 heterocycles. The van der Waals surface area contributed by atoms with Crippen LogP contribution < -0.4 is 14.8 Å². The van der Waals surface area contributed by atoms with Gasteiger partial charge < -0.3 is 15.0 Å². The van der Waals surface area contributed by atoms with Gasteiger partial charge in [0.1, 0.15) is 11.8 Å². The van der Waals surface area contributed by atoms with Crippen LogP contribution in [-0.2, 0) is 32.5 Å². The number of pyridine rings is 1. The second-order valence-electron chi connectivity index (χ2n) is 11.3. The van der Waals surface area contributed by atoms with Crippen molar-refractivity contribution in [3.05, 3.63) is 101 Å². The number of sulfonamides is 1. The molecule has 2 amide bonds. The van der Waals surface area contributed by atoms with Crippen molar-refractivity contribution in [3.63, 3.8) is 0 Å². The summed E-state index contributed by atoms with van der Waals surface area (Å²) in [5, 5.41) is 11.2. The number of carbonyl (C=O) groups is 2. The number of likely N-dealkylation sites (tertiary alicyclic amines) is 1. The maximum absolute atomic E-state index is 14.2. The van der Waals surface area contributed by atoms with E-state index in [1.54, 1.807) is 65.7 Å². The number of nitriles is 1. The Bertz CT molecular complexity index is 1860. The number of benzene rings is 3. The molecule has 1 aliphatic heterocycles. The number of nitrogens with one attached hydrogen (secondary N) is 2. The Balaban J connectivity index is 1.49. The Labute approximate surface area is 269 Å². The lowest BCUT2D eigenvalue weighted by Gasteiger charge is -2.27. The molecule has 2 unspecified atom stereocenters. The van der Waals surface area contributed by atoms with E-state index in [9.17, 15) is 23.3 Å². The Morgan fingerprint density at radius 3 is 2.46 bits per heavy atom. The van der Waals surface area contributed by atoms with Crippen molar-refractivity contribution in [2.45, 2.75) is 50.8 Å². The molecule has 1 aromatic heterocycles. The summed E-state index contributed by atoms with van der Waals surface area (Å²) >= 11 is 0. The second kappa shape index (κ2) is 14.4. The summed E-state index contributed by atoms with van der Waals surface area (Å²) in [6, 6.07) is 21.9. The minimum atomic E-state index is -4.37. The smallest absolute Gasteiger partial charge is 0.245 e. The van der Waals surface area contributed by atoms with Crippen molar-refractivity contribution in [2.75, 3.05) is 24.4 Å². The molecule has 4 aromatic rings. The lowest BCUT2D eigenvalue weighted by atomic mass is 10.0.